The van der Waals surface area contributed by atoms with Crippen LogP contribution in [0.5, 0.6) is 0 Å². The van der Waals surface area contributed by atoms with Crippen molar-refractivity contribution < 1.29 is 9.59 Å². The Hall–Kier alpha value is -1.06. The SMILES string of the molecule is CC(N1CCC(=O)NC(C2CC2)C1=O)C(C)(C)C. The molecule has 2 atom stereocenters. The molecule has 1 heterocycles. The zero-order chi connectivity index (χ0) is 13.5. The van der Waals surface area contributed by atoms with E-state index in [4.69, 9.17) is 0 Å². The second-order valence-electron chi connectivity index (χ2n) is 6.71. The molecule has 0 aromatic carbocycles. The molecule has 0 radical (unpaired) electrons. The van der Waals surface area contributed by atoms with E-state index >= 15 is 0 Å². The lowest BCUT2D eigenvalue weighted by Crippen LogP contribution is -2.52. The van der Waals surface area contributed by atoms with E-state index in [0.29, 0.717) is 18.9 Å². The van der Waals surface area contributed by atoms with Crippen LogP contribution in [0, 0.1) is 11.3 Å². The third-order valence-electron chi connectivity index (χ3n) is 4.26. The van der Waals surface area contributed by atoms with Gasteiger partial charge in [0.05, 0.1) is 0 Å². The Labute approximate surface area is 109 Å². The van der Waals surface area contributed by atoms with Gasteiger partial charge in [-0.2, -0.15) is 0 Å². The molecule has 1 N–H and O–H groups in total. The maximum Gasteiger partial charge on any atom is 0.245 e. The van der Waals surface area contributed by atoms with Crippen LogP contribution in [-0.2, 0) is 9.59 Å². The predicted molar refractivity (Wildman–Crippen MR) is 69.9 cm³/mol. The Morgan fingerprint density at radius 2 is 1.89 bits per heavy atom. The molecule has 0 aromatic rings. The molecular weight excluding hydrogens is 228 g/mol. The molecule has 1 aliphatic heterocycles. The predicted octanol–water partition coefficient (Wildman–Crippen LogP) is 1.55. The Bertz CT molecular complexity index is 355. The van der Waals surface area contributed by atoms with Crippen molar-refractivity contribution in [3.8, 4) is 0 Å². The van der Waals surface area contributed by atoms with Gasteiger partial charge in [0.1, 0.15) is 6.04 Å². The molecule has 1 saturated heterocycles. The first kappa shape index (κ1) is 13.4. The lowest BCUT2D eigenvalue weighted by Gasteiger charge is -2.38. The molecule has 0 aromatic heterocycles. The zero-order valence-corrected chi connectivity index (χ0v) is 11.8. The van der Waals surface area contributed by atoms with Gasteiger partial charge >= 0.3 is 0 Å². The number of rotatable bonds is 2. The summed E-state index contributed by atoms with van der Waals surface area (Å²) in [4.78, 5) is 26.2. The van der Waals surface area contributed by atoms with Gasteiger partial charge in [0.15, 0.2) is 0 Å². The summed E-state index contributed by atoms with van der Waals surface area (Å²) in [5.41, 5.74) is 0.0388. The second kappa shape index (κ2) is 4.56. The lowest BCUT2D eigenvalue weighted by molar-refractivity contribution is -0.137. The largest absolute Gasteiger partial charge is 0.344 e. The number of hydrogen-bond acceptors (Lipinski definition) is 2. The van der Waals surface area contributed by atoms with Gasteiger partial charge in [0, 0.05) is 19.0 Å². The van der Waals surface area contributed by atoms with Gasteiger partial charge < -0.3 is 10.2 Å². The minimum absolute atomic E-state index is 0.0175. The van der Waals surface area contributed by atoms with E-state index in [-0.39, 0.29) is 29.3 Å². The highest BCUT2D eigenvalue weighted by Crippen LogP contribution is 2.35. The first-order chi connectivity index (χ1) is 8.30. The topological polar surface area (TPSA) is 49.4 Å². The molecule has 2 amide bonds. The highest BCUT2D eigenvalue weighted by atomic mass is 16.2. The monoisotopic (exact) mass is 252 g/mol. The first-order valence-corrected chi connectivity index (χ1v) is 6.90. The van der Waals surface area contributed by atoms with E-state index in [1.165, 1.54) is 0 Å². The van der Waals surface area contributed by atoms with E-state index in [9.17, 15) is 9.59 Å². The second-order valence-corrected chi connectivity index (χ2v) is 6.71. The van der Waals surface area contributed by atoms with Crippen molar-refractivity contribution >= 4 is 11.8 Å². The first-order valence-electron chi connectivity index (χ1n) is 6.90. The number of amides is 2. The van der Waals surface area contributed by atoms with Crippen LogP contribution >= 0.6 is 0 Å². The highest BCUT2D eigenvalue weighted by molar-refractivity contribution is 5.90. The molecule has 102 valence electrons. The normalized spacial score (nSPS) is 27.8. The van der Waals surface area contributed by atoms with E-state index in [1.807, 2.05) is 4.90 Å². The zero-order valence-electron chi connectivity index (χ0n) is 11.8. The van der Waals surface area contributed by atoms with E-state index < -0.39 is 0 Å². The number of hydrogen-bond donors (Lipinski definition) is 1. The van der Waals surface area contributed by atoms with Crippen molar-refractivity contribution in [1.29, 1.82) is 0 Å². The standard InChI is InChI=1S/C14H24N2O2/c1-9(14(2,3)4)16-8-7-11(17)15-12(13(16)18)10-5-6-10/h9-10,12H,5-8H2,1-4H3,(H,15,17). The molecule has 4 heteroatoms. The van der Waals surface area contributed by atoms with Gasteiger partial charge in [-0.3, -0.25) is 9.59 Å². The van der Waals surface area contributed by atoms with Crippen molar-refractivity contribution in [2.24, 2.45) is 11.3 Å². The molecule has 2 rings (SSSR count). The van der Waals surface area contributed by atoms with Gasteiger partial charge in [-0.15, -0.1) is 0 Å². The fraction of sp³-hybridized carbons (Fsp3) is 0.857. The average molecular weight is 252 g/mol. The molecule has 0 bridgehead atoms. The minimum Gasteiger partial charge on any atom is -0.344 e. The summed E-state index contributed by atoms with van der Waals surface area (Å²) in [5, 5.41) is 2.90. The van der Waals surface area contributed by atoms with Crippen LogP contribution < -0.4 is 5.32 Å². The molecule has 1 aliphatic carbocycles. The van der Waals surface area contributed by atoms with Crippen LogP contribution in [0.15, 0.2) is 0 Å². The minimum atomic E-state index is -0.273. The van der Waals surface area contributed by atoms with Crippen LogP contribution in [0.3, 0.4) is 0 Å². The number of nitrogens with one attached hydrogen (secondary N) is 1. The fourth-order valence-corrected chi connectivity index (χ4v) is 2.42. The maximum atomic E-state index is 12.6. The maximum absolute atomic E-state index is 12.6. The van der Waals surface area contributed by atoms with Crippen LogP contribution in [0.4, 0.5) is 0 Å². The fourth-order valence-electron chi connectivity index (χ4n) is 2.42. The van der Waals surface area contributed by atoms with Crippen molar-refractivity contribution in [2.45, 2.75) is 59.0 Å². The van der Waals surface area contributed by atoms with E-state index in [0.717, 1.165) is 12.8 Å². The molecule has 2 unspecified atom stereocenters. The quantitative estimate of drug-likeness (QED) is 0.810. The third kappa shape index (κ3) is 2.68. The smallest absolute Gasteiger partial charge is 0.245 e. The summed E-state index contributed by atoms with van der Waals surface area (Å²) in [5.74, 6) is 0.504. The van der Waals surface area contributed by atoms with Crippen LogP contribution in [-0.4, -0.2) is 35.3 Å². The van der Waals surface area contributed by atoms with Crippen LogP contribution in [0.1, 0.15) is 47.0 Å². The van der Waals surface area contributed by atoms with Gasteiger partial charge in [-0.1, -0.05) is 20.8 Å². The molecule has 0 spiro atoms. The van der Waals surface area contributed by atoms with Crippen molar-refractivity contribution in [3.63, 3.8) is 0 Å². The summed E-state index contributed by atoms with van der Waals surface area (Å²) < 4.78 is 0. The van der Waals surface area contributed by atoms with Crippen LogP contribution in [0.25, 0.3) is 0 Å². The average Bonchev–Trinajstić information content (AvgIpc) is 3.06. The molecule has 2 fully saturated rings. The summed E-state index contributed by atoms with van der Waals surface area (Å²) >= 11 is 0. The Morgan fingerprint density at radius 3 is 2.39 bits per heavy atom. The molecule has 18 heavy (non-hydrogen) atoms. The molecule has 4 nitrogen and oxygen atoms in total. The molecule has 1 saturated carbocycles. The molecule has 2 aliphatic rings. The summed E-state index contributed by atoms with van der Waals surface area (Å²) in [7, 11) is 0. The Kier molecular flexibility index (Phi) is 3.39. The highest BCUT2D eigenvalue weighted by Gasteiger charge is 2.43. The van der Waals surface area contributed by atoms with Gasteiger partial charge in [-0.25, -0.2) is 0 Å². The number of carbonyl (C=O) groups excluding carboxylic acids is 2. The van der Waals surface area contributed by atoms with Gasteiger partial charge in [0.2, 0.25) is 11.8 Å². The summed E-state index contributed by atoms with van der Waals surface area (Å²) in [6.45, 7) is 9.04. The number of carbonyl (C=O) groups is 2. The van der Waals surface area contributed by atoms with Gasteiger partial charge in [0.25, 0.3) is 0 Å². The summed E-state index contributed by atoms with van der Waals surface area (Å²) in [6, 6.07) is -0.122. The molecular formula is C14H24N2O2. The Morgan fingerprint density at radius 1 is 1.28 bits per heavy atom. The van der Waals surface area contributed by atoms with Crippen molar-refractivity contribution in [1.82, 2.24) is 10.2 Å². The third-order valence-corrected chi connectivity index (χ3v) is 4.26. The van der Waals surface area contributed by atoms with Gasteiger partial charge in [-0.05, 0) is 31.1 Å². The van der Waals surface area contributed by atoms with Crippen molar-refractivity contribution in [2.75, 3.05) is 6.54 Å². The summed E-state index contributed by atoms with van der Waals surface area (Å²) in [6.07, 6.45) is 2.55. The van der Waals surface area contributed by atoms with Crippen molar-refractivity contribution in [3.05, 3.63) is 0 Å². The lowest BCUT2D eigenvalue weighted by atomic mass is 9.86. The number of nitrogens with zero attached hydrogens (tertiary/aromatic N) is 1. The Balaban J connectivity index is 2.18. The van der Waals surface area contributed by atoms with Crippen LogP contribution in [0.2, 0.25) is 0 Å². The van der Waals surface area contributed by atoms with E-state index in [1.54, 1.807) is 0 Å². The van der Waals surface area contributed by atoms with E-state index in [2.05, 4.69) is 33.0 Å².